The van der Waals surface area contributed by atoms with E-state index in [9.17, 15) is 4.79 Å². The molecule has 1 aromatic carbocycles. The maximum atomic E-state index is 12.6. The zero-order chi connectivity index (χ0) is 19.3. The molecule has 0 saturated carbocycles. The Hall–Kier alpha value is -2.18. The second-order valence-corrected chi connectivity index (χ2v) is 7.53. The second-order valence-electron chi connectivity index (χ2n) is 7.53. The number of nitrogens with one attached hydrogen (secondary N) is 2. The SMILES string of the molecule is COCC1(CNC(=O)Cc2c(C)nn(-c3ccccc3)c2C)CCNCC1. The molecule has 0 atom stereocenters. The highest BCUT2D eigenvalue weighted by Gasteiger charge is 2.32. The van der Waals surface area contributed by atoms with E-state index < -0.39 is 0 Å². The summed E-state index contributed by atoms with van der Waals surface area (Å²) < 4.78 is 7.35. The summed E-state index contributed by atoms with van der Waals surface area (Å²) >= 11 is 0. The Balaban J connectivity index is 1.67. The van der Waals surface area contributed by atoms with Crippen molar-refractivity contribution in [1.29, 1.82) is 0 Å². The van der Waals surface area contributed by atoms with Gasteiger partial charge in [-0.2, -0.15) is 5.10 Å². The zero-order valence-corrected chi connectivity index (χ0v) is 16.5. The van der Waals surface area contributed by atoms with Crippen LogP contribution in [0.15, 0.2) is 30.3 Å². The van der Waals surface area contributed by atoms with Gasteiger partial charge >= 0.3 is 0 Å². The van der Waals surface area contributed by atoms with Gasteiger partial charge in [0.05, 0.1) is 24.4 Å². The van der Waals surface area contributed by atoms with Crippen molar-refractivity contribution in [2.24, 2.45) is 5.41 Å². The Kier molecular flexibility index (Phi) is 6.29. The number of rotatable bonds is 7. The van der Waals surface area contributed by atoms with Gasteiger partial charge in [-0.3, -0.25) is 4.79 Å². The van der Waals surface area contributed by atoms with Crippen LogP contribution < -0.4 is 10.6 Å². The van der Waals surface area contributed by atoms with Crippen molar-refractivity contribution in [3.63, 3.8) is 0 Å². The Labute approximate surface area is 161 Å². The van der Waals surface area contributed by atoms with Crippen LogP contribution in [0.25, 0.3) is 5.69 Å². The number of carbonyl (C=O) groups excluding carboxylic acids is 1. The maximum Gasteiger partial charge on any atom is 0.224 e. The lowest BCUT2D eigenvalue weighted by atomic mass is 9.79. The molecular weight excluding hydrogens is 340 g/mol. The summed E-state index contributed by atoms with van der Waals surface area (Å²) in [6, 6.07) is 10.0. The van der Waals surface area contributed by atoms with Crippen molar-refractivity contribution in [3.05, 3.63) is 47.3 Å². The molecule has 2 heterocycles. The first-order chi connectivity index (χ1) is 13.0. The molecule has 2 aromatic rings. The molecule has 0 radical (unpaired) electrons. The number of carbonyl (C=O) groups is 1. The van der Waals surface area contributed by atoms with Crippen LogP contribution in [0, 0.1) is 19.3 Å². The number of amides is 1. The van der Waals surface area contributed by atoms with Gasteiger partial charge in [0.1, 0.15) is 0 Å². The summed E-state index contributed by atoms with van der Waals surface area (Å²) in [4.78, 5) is 12.6. The molecule has 0 unspecified atom stereocenters. The maximum absolute atomic E-state index is 12.6. The predicted octanol–water partition coefficient (Wildman–Crippen LogP) is 2.16. The van der Waals surface area contributed by atoms with E-state index in [1.807, 2.05) is 48.9 Å². The lowest BCUT2D eigenvalue weighted by Crippen LogP contribution is -2.47. The van der Waals surface area contributed by atoms with E-state index in [2.05, 4.69) is 15.7 Å². The average Bonchev–Trinajstić information content (AvgIpc) is 2.96. The summed E-state index contributed by atoms with van der Waals surface area (Å²) in [7, 11) is 1.73. The minimum absolute atomic E-state index is 0.0357. The minimum atomic E-state index is 0.0357. The van der Waals surface area contributed by atoms with Crippen molar-refractivity contribution in [3.8, 4) is 5.69 Å². The highest BCUT2D eigenvalue weighted by atomic mass is 16.5. The highest BCUT2D eigenvalue weighted by molar-refractivity contribution is 5.79. The number of methoxy groups -OCH3 is 1. The van der Waals surface area contributed by atoms with E-state index in [0.717, 1.165) is 48.6 Å². The van der Waals surface area contributed by atoms with Gasteiger partial charge in [0, 0.05) is 30.3 Å². The molecule has 146 valence electrons. The van der Waals surface area contributed by atoms with E-state index in [0.29, 0.717) is 19.6 Å². The van der Waals surface area contributed by atoms with Gasteiger partial charge in [0.25, 0.3) is 0 Å². The fourth-order valence-electron chi connectivity index (χ4n) is 3.90. The molecule has 0 spiro atoms. The van der Waals surface area contributed by atoms with Gasteiger partial charge in [0.15, 0.2) is 0 Å². The van der Waals surface area contributed by atoms with E-state index >= 15 is 0 Å². The Morgan fingerprint density at radius 1 is 1.26 bits per heavy atom. The van der Waals surface area contributed by atoms with Crippen LogP contribution in [0.5, 0.6) is 0 Å². The van der Waals surface area contributed by atoms with E-state index in [-0.39, 0.29) is 11.3 Å². The molecule has 1 aliphatic heterocycles. The van der Waals surface area contributed by atoms with Crippen LogP contribution in [-0.2, 0) is 16.0 Å². The fraction of sp³-hybridized carbons (Fsp3) is 0.524. The smallest absolute Gasteiger partial charge is 0.224 e. The average molecular weight is 370 g/mol. The number of ether oxygens (including phenoxy) is 1. The molecule has 1 fully saturated rings. The van der Waals surface area contributed by atoms with Crippen LogP contribution in [-0.4, -0.2) is 49.0 Å². The number of piperidine rings is 1. The molecule has 6 heteroatoms. The standard InChI is InChI=1S/C21H30N4O2/c1-16-19(17(2)25(24-16)18-7-5-4-6-8-18)13-20(26)23-14-21(15-27-3)9-11-22-12-10-21/h4-8,22H,9-15H2,1-3H3,(H,23,26). The summed E-state index contributed by atoms with van der Waals surface area (Å²) in [6.07, 6.45) is 2.39. The molecule has 27 heavy (non-hydrogen) atoms. The van der Waals surface area contributed by atoms with Gasteiger partial charge in [-0.15, -0.1) is 0 Å². The minimum Gasteiger partial charge on any atom is -0.384 e. The number of aryl methyl sites for hydroxylation is 1. The van der Waals surface area contributed by atoms with Crippen LogP contribution in [0.4, 0.5) is 0 Å². The fourth-order valence-corrected chi connectivity index (χ4v) is 3.90. The Bertz CT molecular complexity index is 758. The third-order valence-electron chi connectivity index (χ3n) is 5.55. The molecular formula is C21H30N4O2. The number of hydrogen-bond donors (Lipinski definition) is 2. The third-order valence-corrected chi connectivity index (χ3v) is 5.55. The first-order valence-electron chi connectivity index (χ1n) is 9.61. The molecule has 1 saturated heterocycles. The van der Waals surface area contributed by atoms with Crippen molar-refractivity contribution in [2.45, 2.75) is 33.1 Å². The molecule has 1 aliphatic rings. The molecule has 0 bridgehead atoms. The van der Waals surface area contributed by atoms with Crippen molar-refractivity contribution in [2.75, 3.05) is 33.4 Å². The van der Waals surface area contributed by atoms with Crippen LogP contribution in [0.2, 0.25) is 0 Å². The molecule has 1 amide bonds. The van der Waals surface area contributed by atoms with Crippen LogP contribution in [0.3, 0.4) is 0 Å². The van der Waals surface area contributed by atoms with Crippen molar-refractivity contribution < 1.29 is 9.53 Å². The number of benzene rings is 1. The first-order valence-corrected chi connectivity index (χ1v) is 9.61. The first kappa shape index (κ1) is 19.6. The normalized spacial score (nSPS) is 16.3. The molecule has 2 N–H and O–H groups in total. The number of nitrogens with zero attached hydrogens (tertiary/aromatic N) is 2. The number of aromatic nitrogens is 2. The van der Waals surface area contributed by atoms with Gasteiger partial charge in [-0.1, -0.05) is 18.2 Å². The summed E-state index contributed by atoms with van der Waals surface area (Å²) in [5.41, 5.74) is 3.97. The summed E-state index contributed by atoms with van der Waals surface area (Å²) in [6.45, 7) is 7.27. The predicted molar refractivity (Wildman–Crippen MR) is 106 cm³/mol. The van der Waals surface area contributed by atoms with Crippen molar-refractivity contribution in [1.82, 2.24) is 20.4 Å². The van der Waals surface area contributed by atoms with Gasteiger partial charge in [0.2, 0.25) is 5.91 Å². The van der Waals surface area contributed by atoms with Gasteiger partial charge in [-0.05, 0) is 51.9 Å². The van der Waals surface area contributed by atoms with Gasteiger partial charge < -0.3 is 15.4 Å². The number of hydrogen-bond acceptors (Lipinski definition) is 4. The molecule has 6 nitrogen and oxygen atoms in total. The number of para-hydroxylation sites is 1. The van der Waals surface area contributed by atoms with Crippen LogP contribution in [0.1, 0.15) is 29.8 Å². The Morgan fingerprint density at radius 3 is 2.63 bits per heavy atom. The van der Waals surface area contributed by atoms with Crippen molar-refractivity contribution >= 4 is 5.91 Å². The van der Waals surface area contributed by atoms with E-state index in [4.69, 9.17) is 4.74 Å². The second kappa shape index (κ2) is 8.67. The van der Waals surface area contributed by atoms with E-state index in [1.54, 1.807) is 7.11 Å². The monoisotopic (exact) mass is 370 g/mol. The largest absolute Gasteiger partial charge is 0.384 e. The summed E-state index contributed by atoms with van der Waals surface area (Å²) in [5.74, 6) is 0.0443. The van der Waals surface area contributed by atoms with Crippen LogP contribution >= 0.6 is 0 Å². The van der Waals surface area contributed by atoms with Gasteiger partial charge in [-0.25, -0.2) is 4.68 Å². The third kappa shape index (κ3) is 4.57. The zero-order valence-electron chi connectivity index (χ0n) is 16.5. The molecule has 0 aliphatic carbocycles. The summed E-state index contributed by atoms with van der Waals surface area (Å²) in [5, 5.41) is 11.2. The highest BCUT2D eigenvalue weighted by Crippen LogP contribution is 2.28. The molecule has 1 aromatic heterocycles. The van der Waals surface area contributed by atoms with E-state index in [1.165, 1.54) is 0 Å². The Morgan fingerprint density at radius 2 is 1.96 bits per heavy atom. The topological polar surface area (TPSA) is 68.2 Å². The quantitative estimate of drug-likeness (QED) is 0.784. The molecule has 3 rings (SSSR count). The lowest BCUT2D eigenvalue weighted by molar-refractivity contribution is -0.121. The lowest BCUT2D eigenvalue weighted by Gasteiger charge is -2.37.